The van der Waals surface area contributed by atoms with Crippen LogP contribution in [-0.4, -0.2) is 62.3 Å². The molecule has 0 spiro atoms. The largest absolute Gasteiger partial charge is 0.325 e. The Morgan fingerprint density at radius 3 is 2.39 bits per heavy atom. The molecule has 10 heteroatoms. The maximum absolute atomic E-state index is 12.8. The zero-order chi connectivity index (χ0) is 22.6. The lowest BCUT2D eigenvalue weighted by atomic mass is 10.1. The van der Waals surface area contributed by atoms with Crippen molar-refractivity contribution in [3.8, 4) is 0 Å². The molecule has 8 nitrogen and oxygen atoms in total. The van der Waals surface area contributed by atoms with Crippen LogP contribution in [0.3, 0.4) is 0 Å². The van der Waals surface area contributed by atoms with Crippen LogP contribution in [0.5, 0.6) is 0 Å². The Balaban J connectivity index is 1.49. The van der Waals surface area contributed by atoms with Gasteiger partial charge in [-0.1, -0.05) is 35.4 Å². The molecule has 1 aliphatic heterocycles. The van der Waals surface area contributed by atoms with Crippen molar-refractivity contribution in [2.75, 3.05) is 38.0 Å². The first-order chi connectivity index (χ1) is 14.6. The van der Waals surface area contributed by atoms with Crippen molar-refractivity contribution in [2.45, 2.75) is 18.7 Å². The van der Waals surface area contributed by atoms with Crippen LogP contribution in [0, 0.1) is 13.8 Å². The predicted molar refractivity (Wildman–Crippen MR) is 120 cm³/mol. The van der Waals surface area contributed by atoms with Gasteiger partial charge in [-0.2, -0.15) is 4.31 Å². The van der Waals surface area contributed by atoms with Crippen molar-refractivity contribution >= 4 is 39.2 Å². The van der Waals surface area contributed by atoms with E-state index in [0.29, 0.717) is 23.8 Å². The van der Waals surface area contributed by atoms with Gasteiger partial charge in [0.15, 0.2) is 0 Å². The summed E-state index contributed by atoms with van der Waals surface area (Å²) in [6, 6.07) is 11.1. The summed E-state index contributed by atoms with van der Waals surface area (Å²) in [6.07, 6.45) is 0. The van der Waals surface area contributed by atoms with Crippen LogP contribution in [0.4, 0.5) is 10.5 Å². The lowest BCUT2D eigenvalue weighted by Gasteiger charge is -2.33. The van der Waals surface area contributed by atoms with Gasteiger partial charge < -0.3 is 5.32 Å². The van der Waals surface area contributed by atoms with Crippen LogP contribution in [-0.2, 0) is 14.8 Å². The summed E-state index contributed by atoms with van der Waals surface area (Å²) in [7, 11) is -3.64. The molecule has 166 valence electrons. The number of nitrogens with one attached hydrogen (secondary N) is 2. The Labute approximate surface area is 187 Å². The Bertz CT molecular complexity index is 1080. The molecule has 1 saturated heterocycles. The van der Waals surface area contributed by atoms with Gasteiger partial charge in [0.05, 0.1) is 11.4 Å². The van der Waals surface area contributed by atoms with E-state index in [1.54, 1.807) is 18.2 Å². The number of imide groups is 1. The van der Waals surface area contributed by atoms with Gasteiger partial charge in [0.2, 0.25) is 15.9 Å². The van der Waals surface area contributed by atoms with Crippen LogP contribution in [0.2, 0.25) is 5.02 Å². The highest BCUT2D eigenvalue weighted by Gasteiger charge is 2.29. The van der Waals surface area contributed by atoms with Crippen molar-refractivity contribution in [1.29, 1.82) is 0 Å². The van der Waals surface area contributed by atoms with Crippen LogP contribution in [0.25, 0.3) is 0 Å². The van der Waals surface area contributed by atoms with E-state index < -0.39 is 22.0 Å². The standard InChI is InChI=1S/C21H25ClN4O4S/c1-15-6-7-19(16(2)12-15)23-21(28)24-20(27)14-25-8-10-26(11-9-25)31(29,30)18-5-3-4-17(22)13-18/h3-7,12-13H,8-11,14H2,1-2H3,(H2,23,24,27,28). The summed E-state index contributed by atoms with van der Waals surface area (Å²) in [4.78, 5) is 26.3. The molecule has 31 heavy (non-hydrogen) atoms. The number of benzene rings is 2. The number of aryl methyl sites for hydroxylation is 2. The molecular formula is C21H25ClN4O4S. The second-order valence-corrected chi connectivity index (χ2v) is 9.83. The van der Waals surface area contributed by atoms with E-state index in [9.17, 15) is 18.0 Å². The number of amides is 3. The Morgan fingerprint density at radius 1 is 1.03 bits per heavy atom. The van der Waals surface area contributed by atoms with Crippen molar-refractivity contribution < 1.29 is 18.0 Å². The molecule has 0 atom stereocenters. The average molecular weight is 465 g/mol. The van der Waals surface area contributed by atoms with Gasteiger partial charge in [0.1, 0.15) is 0 Å². The molecule has 2 N–H and O–H groups in total. The number of hydrogen-bond acceptors (Lipinski definition) is 5. The highest BCUT2D eigenvalue weighted by molar-refractivity contribution is 7.89. The van der Waals surface area contributed by atoms with Gasteiger partial charge in [-0.05, 0) is 43.7 Å². The molecule has 0 bridgehead atoms. The quantitative estimate of drug-likeness (QED) is 0.708. The lowest BCUT2D eigenvalue weighted by molar-refractivity contribution is -0.121. The molecule has 0 unspecified atom stereocenters. The SMILES string of the molecule is Cc1ccc(NC(=O)NC(=O)CN2CCN(S(=O)(=O)c3cccc(Cl)c3)CC2)c(C)c1. The second kappa shape index (κ2) is 9.78. The summed E-state index contributed by atoms with van der Waals surface area (Å²) >= 11 is 5.91. The summed E-state index contributed by atoms with van der Waals surface area (Å²) < 4.78 is 26.9. The minimum atomic E-state index is -3.64. The first-order valence-electron chi connectivity index (χ1n) is 9.81. The molecule has 1 heterocycles. The highest BCUT2D eigenvalue weighted by Crippen LogP contribution is 2.21. The number of urea groups is 1. The van der Waals surface area contributed by atoms with Crippen molar-refractivity contribution in [1.82, 2.24) is 14.5 Å². The number of hydrogen-bond donors (Lipinski definition) is 2. The minimum Gasteiger partial charge on any atom is -0.307 e. The van der Waals surface area contributed by atoms with E-state index in [1.807, 2.05) is 30.9 Å². The van der Waals surface area contributed by atoms with E-state index in [0.717, 1.165) is 11.1 Å². The molecule has 1 fully saturated rings. The number of nitrogens with zero attached hydrogens (tertiary/aromatic N) is 2. The van der Waals surface area contributed by atoms with Gasteiger partial charge in [-0.3, -0.25) is 15.0 Å². The summed E-state index contributed by atoms with van der Waals surface area (Å²) in [5.41, 5.74) is 2.62. The number of sulfonamides is 1. The zero-order valence-corrected chi connectivity index (χ0v) is 19.0. The van der Waals surface area contributed by atoms with Crippen LogP contribution in [0.1, 0.15) is 11.1 Å². The zero-order valence-electron chi connectivity index (χ0n) is 17.4. The van der Waals surface area contributed by atoms with Crippen LogP contribution < -0.4 is 10.6 Å². The molecule has 2 aromatic carbocycles. The van der Waals surface area contributed by atoms with Gasteiger partial charge in [-0.15, -0.1) is 0 Å². The summed E-state index contributed by atoms with van der Waals surface area (Å²) in [5, 5.41) is 5.34. The maximum Gasteiger partial charge on any atom is 0.325 e. The molecule has 0 radical (unpaired) electrons. The minimum absolute atomic E-state index is 0.00531. The number of piperazine rings is 1. The molecule has 2 aromatic rings. The Morgan fingerprint density at radius 2 is 1.74 bits per heavy atom. The fourth-order valence-corrected chi connectivity index (χ4v) is 5.10. The first-order valence-corrected chi connectivity index (χ1v) is 11.6. The maximum atomic E-state index is 12.8. The lowest BCUT2D eigenvalue weighted by Crippen LogP contribution is -2.51. The van der Waals surface area contributed by atoms with E-state index in [-0.39, 0.29) is 24.5 Å². The third-order valence-corrected chi connectivity index (χ3v) is 7.15. The summed E-state index contributed by atoms with van der Waals surface area (Å²) in [6.45, 7) is 5.10. The third kappa shape index (κ3) is 6.04. The average Bonchev–Trinajstić information content (AvgIpc) is 2.70. The molecular weight excluding hydrogens is 440 g/mol. The van der Waals surface area contributed by atoms with Gasteiger partial charge in [-0.25, -0.2) is 13.2 Å². The van der Waals surface area contributed by atoms with Gasteiger partial charge in [0, 0.05) is 36.9 Å². The van der Waals surface area contributed by atoms with E-state index in [4.69, 9.17) is 11.6 Å². The number of rotatable bonds is 5. The Kier molecular flexibility index (Phi) is 7.32. The van der Waals surface area contributed by atoms with E-state index in [2.05, 4.69) is 10.6 Å². The predicted octanol–water partition coefficient (Wildman–Crippen LogP) is 2.61. The number of anilines is 1. The molecule has 0 saturated carbocycles. The number of halogens is 1. The molecule has 1 aliphatic rings. The molecule has 3 amide bonds. The Hall–Kier alpha value is -2.46. The van der Waals surface area contributed by atoms with Crippen LogP contribution >= 0.6 is 11.6 Å². The molecule has 0 aromatic heterocycles. The van der Waals surface area contributed by atoms with Crippen molar-refractivity contribution in [2.24, 2.45) is 0 Å². The van der Waals surface area contributed by atoms with Crippen LogP contribution in [0.15, 0.2) is 47.4 Å². The van der Waals surface area contributed by atoms with Gasteiger partial charge in [0.25, 0.3) is 0 Å². The third-order valence-electron chi connectivity index (χ3n) is 5.02. The highest BCUT2D eigenvalue weighted by atomic mass is 35.5. The van der Waals surface area contributed by atoms with Crippen molar-refractivity contribution in [3.63, 3.8) is 0 Å². The first kappa shape index (κ1) is 23.2. The fraction of sp³-hybridized carbons (Fsp3) is 0.333. The smallest absolute Gasteiger partial charge is 0.307 e. The van der Waals surface area contributed by atoms with E-state index >= 15 is 0 Å². The number of carbonyl (C=O) groups is 2. The topological polar surface area (TPSA) is 98.8 Å². The summed E-state index contributed by atoms with van der Waals surface area (Å²) in [5.74, 6) is -0.451. The van der Waals surface area contributed by atoms with E-state index in [1.165, 1.54) is 16.4 Å². The van der Waals surface area contributed by atoms with Crippen molar-refractivity contribution in [3.05, 3.63) is 58.6 Å². The second-order valence-electron chi connectivity index (χ2n) is 7.46. The number of carbonyl (C=O) groups excluding carboxylic acids is 2. The monoisotopic (exact) mass is 464 g/mol. The fourth-order valence-electron chi connectivity index (χ4n) is 3.38. The molecule has 0 aliphatic carbocycles. The van der Waals surface area contributed by atoms with Gasteiger partial charge >= 0.3 is 6.03 Å². The molecule has 3 rings (SSSR count). The normalized spacial score (nSPS) is 15.5.